The van der Waals surface area contributed by atoms with Crippen molar-refractivity contribution >= 4 is 69.2 Å². The molecule has 1 amide bonds. The topological polar surface area (TPSA) is 406 Å². The number of Topliss-reactive ketones (excluding diaryl/α,β-unsaturated/α-hetero) is 3. The number of ketones is 3. The van der Waals surface area contributed by atoms with Crippen LogP contribution in [0.4, 0.5) is 11.8 Å². The highest BCUT2D eigenvalue weighted by Crippen LogP contribution is 2.40. The molecule has 2 saturated heterocycles. The fourth-order valence-electron chi connectivity index (χ4n) is 16.4. The Labute approximate surface area is 718 Å². The fraction of sp³-hybridized carbons (Fsp3) is 0.711. The molecule has 4 aliphatic rings. The van der Waals surface area contributed by atoms with Crippen molar-refractivity contribution in [2.24, 2.45) is 35.5 Å². The minimum Gasteiger partial charge on any atom is -0.460 e. The number of nitrogens with zero attached hydrogens (tertiary/aromatic N) is 6. The maximum atomic E-state index is 14.9. The number of oxazole rings is 1. The molecule has 122 heavy (non-hydrogen) atoms. The highest BCUT2D eigenvalue weighted by atomic mass is 16.6. The van der Waals surface area contributed by atoms with Gasteiger partial charge in [-0.1, -0.05) is 77.5 Å². The molecule has 682 valence electrons. The third-order valence-electron chi connectivity index (χ3n) is 23.6. The van der Waals surface area contributed by atoms with E-state index in [1.165, 1.54) is 18.3 Å². The van der Waals surface area contributed by atoms with Crippen molar-refractivity contribution in [3.63, 3.8) is 0 Å². The lowest BCUT2D eigenvalue weighted by atomic mass is 9.78. The SMILES string of the molecule is CO[C@H]1C[C@@H]2CC[C@@H](C)[C@@](O)(O2)C(=O)C(=O)N2CCCC[C@H]2C(=O)O[C@H]([C@H](C)C[C@@H]2CC[C@@H](OC(=O)CCCOCCOCCOCCOCCOCCOCCOCCOCCC(=O)CCCCCn3nc(-c4ccc5oc(N)nc5c4)c4c(N)ncnc43)[C@H](OC)C2)C[C@@H](OC)[C@H](C)/C=C(\C)[C@@H](O)[C@@H](OC)C(=O)[C@H](C)C[C@H](C)/C=C/C=C/C=C/1C. The number of aliphatic hydroxyl groups is 2. The van der Waals surface area contributed by atoms with Gasteiger partial charge in [0, 0.05) is 104 Å². The van der Waals surface area contributed by atoms with E-state index >= 15 is 0 Å². The molecule has 1 aliphatic carbocycles. The number of benzene rings is 1. The summed E-state index contributed by atoms with van der Waals surface area (Å²) in [6.07, 6.45) is 16.7. The number of carbonyl (C=O) groups excluding carboxylic acids is 6. The van der Waals surface area contributed by atoms with Crippen molar-refractivity contribution in [2.45, 2.75) is 238 Å². The summed E-state index contributed by atoms with van der Waals surface area (Å²) in [6, 6.07) is 4.47. The second-order valence-corrected chi connectivity index (χ2v) is 32.8. The summed E-state index contributed by atoms with van der Waals surface area (Å²) in [4.78, 5) is 98.0. The zero-order chi connectivity index (χ0) is 87.9. The van der Waals surface area contributed by atoms with Crippen LogP contribution in [0.1, 0.15) is 170 Å². The minimum absolute atomic E-state index is 0.0115. The zero-order valence-electron chi connectivity index (χ0n) is 73.8. The summed E-state index contributed by atoms with van der Waals surface area (Å²) in [6.45, 7) is 20.1. The van der Waals surface area contributed by atoms with Gasteiger partial charge in [-0.25, -0.2) is 19.4 Å². The number of cyclic esters (lactones) is 1. The number of methoxy groups -OCH3 is 4. The number of amides is 1. The Morgan fingerprint density at radius 2 is 1.32 bits per heavy atom. The molecule has 0 radical (unpaired) electrons. The Balaban J connectivity index is 0.660. The number of aromatic nitrogens is 5. The summed E-state index contributed by atoms with van der Waals surface area (Å²) < 4.78 is 94.9. The fourth-order valence-corrected chi connectivity index (χ4v) is 16.4. The van der Waals surface area contributed by atoms with Gasteiger partial charge in [0.2, 0.25) is 5.79 Å². The Hall–Kier alpha value is -7.38. The van der Waals surface area contributed by atoms with Gasteiger partial charge in [0.05, 0.1) is 129 Å². The summed E-state index contributed by atoms with van der Waals surface area (Å²) in [5, 5.41) is 29.5. The minimum atomic E-state index is -2.45. The lowest BCUT2D eigenvalue weighted by molar-refractivity contribution is -0.265. The number of piperidine rings is 1. The normalized spacial score (nSPS) is 27.7. The van der Waals surface area contributed by atoms with E-state index in [4.69, 9.17) is 92.0 Å². The van der Waals surface area contributed by atoms with Gasteiger partial charge in [0.25, 0.3) is 17.7 Å². The van der Waals surface area contributed by atoms with Crippen LogP contribution in [0.25, 0.3) is 33.4 Å². The number of esters is 2. The molecule has 0 spiro atoms. The number of aliphatic hydroxyl groups excluding tert-OH is 1. The Bertz CT molecular complexity index is 3980. The van der Waals surface area contributed by atoms with Crippen LogP contribution in [0.2, 0.25) is 0 Å². The maximum absolute atomic E-state index is 14.9. The van der Waals surface area contributed by atoms with E-state index in [-0.39, 0.29) is 73.0 Å². The predicted molar refractivity (Wildman–Crippen MR) is 456 cm³/mol. The quantitative estimate of drug-likeness (QED) is 0.0138. The molecule has 6 heterocycles. The van der Waals surface area contributed by atoms with Crippen LogP contribution in [0.3, 0.4) is 0 Å². The number of unbranched alkanes of at least 4 members (excludes halogenated alkanes) is 2. The maximum Gasteiger partial charge on any atom is 0.329 e. The number of allylic oxidation sites excluding steroid dienone is 5. The summed E-state index contributed by atoms with van der Waals surface area (Å²) in [5.41, 5.74) is 16.7. The van der Waals surface area contributed by atoms with E-state index in [0.29, 0.717) is 235 Å². The molecule has 3 fully saturated rings. The molecule has 32 heteroatoms. The number of rotatable bonds is 43. The van der Waals surface area contributed by atoms with Gasteiger partial charge in [-0.3, -0.25) is 24.0 Å². The first-order valence-corrected chi connectivity index (χ1v) is 43.8. The van der Waals surface area contributed by atoms with Crippen molar-refractivity contribution in [3.05, 3.63) is 72.1 Å². The number of hydrogen-bond donors (Lipinski definition) is 4. The van der Waals surface area contributed by atoms with Crippen LogP contribution < -0.4 is 11.5 Å². The van der Waals surface area contributed by atoms with Gasteiger partial charge in [-0.05, 0) is 144 Å². The number of nitrogens with two attached hydrogens (primary N) is 2. The lowest BCUT2D eigenvalue weighted by Crippen LogP contribution is -2.61. The van der Waals surface area contributed by atoms with Gasteiger partial charge in [-0.2, -0.15) is 10.1 Å². The van der Waals surface area contributed by atoms with Crippen molar-refractivity contribution < 1.29 is 114 Å². The van der Waals surface area contributed by atoms with E-state index < -0.39 is 90.2 Å². The number of hydrogen-bond acceptors (Lipinski definition) is 30. The molecule has 16 atom stereocenters. The first kappa shape index (κ1) is 100. The van der Waals surface area contributed by atoms with E-state index in [2.05, 4.69) is 15.0 Å². The third kappa shape index (κ3) is 31.3. The summed E-state index contributed by atoms with van der Waals surface area (Å²) >= 11 is 0. The second-order valence-electron chi connectivity index (χ2n) is 32.8. The van der Waals surface area contributed by atoms with Gasteiger partial charge in [-0.15, -0.1) is 0 Å². The van der Waals surface area contributed by atoms with Crippen LogP contribution >= 0.6 is 0 Å². The van der Waals surface area contributed by atoms with Crippen molar-refractivity contribution in [1.29, 1.82) is 0 Å². The standard InChI is InChI=1S/C90H138N8O24/c1-59-21-14-12-15-22-60(2)74(107-8)56-69-29-26-65(7)90(106,122-69)84(103)87(104)97-33-19-17-24-71(97)88(105)120-76(57-75(108-9)61(3)52-64(6)82(102)83(110-11)81(101)63(5)51-59)62(4)53-66-27-30-73(77(54-66)109-10)119-78(100)25-20-35-111-37-39-113-41-43-115-45-47-117-49-50-118-48-46-116-44-42-114-40-38-112-36-32-68(99)23-16-13-18-34-98-86-79(85(91)93-58-94-86)80(96-98)67-28-31-72-70(55-67)95-89(92)121-72/h12,14-15,21-22,28,31,52,55,58-59,61-63,65-66,69,71,73-77,82-83,102,106H,13,16-20,23-27,29-30,32-51,53-54,56-57H2,1-11H3,(H2,92,95)(H2,91,93,94)/b15-12+,21-14+,60-22+,64-52+/t59-,61-,62-,63-,65-,66+,69+,71+,73-,74+,75-,76+,77-,82-,83+,90-/m1/s1. The monoisotopic (exact) mass is 1710 g/mol. The number of aryl methyl sites for hydroxylation is 1. The van der Waals surface area contributed by atoms with E-state index in [1.54, 1.807) is 41.2 Å². The summed E-state index contributed by atoms with van der Waals surface area (Å²) in [5.74, 6) is -7.13. The Morgan fingerprint density at radius 1 is 0.664 bits per heavy atom. The van der Waals surface area contributed by atoms with Crippen LogP contribution in [0, 0.1) is 35.5 Å². The molecule has 3 aromatic heterocycles. The molecule has 8 rings (SSSR count). The number of ether oxygens (including phenoxy) is 15. The molecular formula is C90H138N8O24. The highest BCUT2D eigenvalue weighted by molar-refractivity contribution is 6.39. The average molecular weight is 1720 g/mol. The van der Waals surface area contributed by atoms with E-state index in [1.807, 2.05) is 87.9 Å². The van der Waals surface area contributed by atoms with E-state index in [0.717, 1.165) is 30.4 Å². The largest absolute Gasteiger partial charge is 0.460 e. The van der Waals surface area contributed by atoms with Crippen LogP contribution in [-0.4, -0.2) is 276 Å². The van der Waals surface area contributed by atoms with E-state index in [9.17, 15) is 39.0 Å². The predicted octanol–water partition coefficient (Wildman–Crippen LogP) is 10.4. The Morgan fingerprint density at radius 3 is 1.97 bits per heavy atom. The number of nitrogen functional groups attached to an aromatic ring is 2. The lowest BCUT2D eigenvalue weighted by Gasteiger charge is -2.43. The van der Waals surface area contributed by atoms with Crippen LogP contribution in [-0.2, 0) is 106 Å². The Kier molecular flexibility index (Phi) is 43.6. The number of anilines is 2. The molecule has 4 aromatic rings. The molecule has 1 saturated carbocycles. The van der Waals surface area contributed by atoms with Gasteiger partial charge < -0.3 is 102 Å². The van der Waals surface area contributed by atoms with Crippen LogP contribution in [0.5, 0.6) is 0 Å². The first-order chi connectivity index (χ1) is 58.9. The molecule has 1 aromatic carbocycles. The molecule has 0 unspecified atom stereocenters. The second kappa shape index (κ2) is 53.2. The average Bonchev–Trinajstić information content (AvgIpc) is 1.57. The highest BCUT2D eigenvalue weighted by Gasteiger charge is 2.53. The van der Waals surface area contributed by atoms with Crippen molar-refractivity contribution in [1.82, 2.24) is 29.6 Å². The molecule has 3 aliphatic heterocycles. The van der Waals surface area contributed by atoms with Crippen molar-refractivity contribution in [2.75, 3.05) is 152 Å². The number of carbonyl (C=O) groups is 6. The number of fused-ring (bicyclic) bond motifs is 5. The summed E-state index contributed by atoms with van der Waals surface area (Å²) in [7, 11) is 6.18. The molecular weight excluding hydrogens is 1580 g/mol. The van der Waals surface area contributed by atoms with Gasteiger partial charge in [0.1, 0.15) is 59.6 Å². The van der Waals surface area contributed by atoms with Gasteiger partial charge in [0.15, 0.2) is 17.0 Å². The van der Waals surface area contributed by atoms with Crippen LogP contribution in [0.15, 0.2) is 76.5 Å². The van der Waals surface area contributed by atoms with Crippen molar-refractivity contribution in [3.8, 4) is 11.3 Å². The third-order valence-corrected chi connectivity index (χ3v) is 23.6. The smallest absolute Gasteiger partial charge is 0.329 e. The molecule has 2 bridgehead atoms. The first-order valence-electron chi connectivity index (χ1n) is 43.8. The zero-order valence-corrected chi connectivity index (χ0v) is 73.8. The molecule has 32 nitrogen and oxygen atoms in total. The molecule has 6 N–H and O–H groups in total. The van der Waals surface area contributed by atoms with Gasteiger partial charge >= 0.3 is 11.9 Å².